The number of carbonyl (C=O) groups excluding carboxylic acids is 1. The summed E-state index contributed by atoms with van der Waals surface area (Å²) in [7, 11) is 0. The number of amides is 1. The Morgan fingerprint density at radius 3 is 2.50 bits per heavy atom. The quantitative estimate of drug-likeness (QED) is 0.674. The van der Waals surface area contributed by atoms with Gasteiger partial charge in [-0.1, -0.05) is 18.2 Å². The minimum Gasteiger partial charge on any atom is -0.369 e. The highest BCUT2D eigenvalue weighted by Gasteiger charge is 2.09. The minimum absolute atomic E-state index is 0. The summed E-state index contributed by atoms with van der Waals surface area (Å²) in [6.45, 7) is 1.65. The Labute approximate surface area is 144 Å². The molecule has 0 fully saturated rings. The molecule has 7 heteroatoms. The number of benzene rings is 2. The topological polar surface area (TPSA) is 83.8 Å². The van der Waals surface area contributed by atoms with Gasteiger partial charge in [0, 0.05) is 11.3 Å². The van der Waals surface area contributed by atoms with Crippen LogP contribution < -0.4 is 11.1 Å². The molecule has 1 aromatic heterocycles. The van der Waals surface area contributed by atoms with E-state index in [1.54, 1.807) is 37.4 Å². The molecule has 0 aliphatic carbocycles. The summed E-state index contributed by atoms with van der Waals surface area (Å²) in [6, 6.07) is 11.6. The third kappa shape index (κ3) is 3.72. The Morgan fingerprint density at radius 1 is 1.21 bits per heavy atom. The Kier molecular flexibility index (Phi) is 5.21. The van der Waals surface area contributed by atoms with Gasteiger partial charge < -0.3 is 16.0 Å². The number of aryl methyl sites for hydroxylation is 1. The van der Waals surface area contributed by atoms with E-state index in [0.29, 0.717) is 17.2 Å². The molecule has 0 aliphatic rings. The van der Waals surface area contributed by atoms with Crippen molar-refractivity contribution in [1.29, 1.82) is 0 Å². The molecule has 0 saturated heterocycles. The maximum Gasteiger partial charge on any atom is 0.255 e. The Bertz CT molecular complexity index is 861. The Morgan fingerprint density at radius 2 is 1.92 bits per heavy atom. The van der Waals surface area contributed by atoms with Crippen molar-refractivity contribution in [1.82, 2.24) is 9.97 Å². The first-order valence-electron chi connectivity index (χ1n) is 7.01. The highest BCUT2D eigenvalue weighted by molar-refractivity contribution is 6.04. The second-order valence-electron chi connectivity index (χ2n) is 5.18. The van der Waals surface area contributed by atoms with Crippen LogP contribution in [0.5, 0.6) is 0 Å². The van der Waals surface area contributed by atoms with Crippen LogP contribution in [0.25, 0.3) is 11.3 Å². The number of aromatic nitrogens is 2. The molecule has 0 spiro atoms. The van der Waals surface area contributed by atoms with Crippen molar-refractivity contribution in [2.45, 2.75) is 6.92 Å². The molecule has 0 radical (unpaired) electrons. The predicted molar refractivity (Wildman–Crippen MR) is 94.8 cm³/mol. The van der Waals surface area contributed by atoms with E-state index in [1.165, 1.54) is 6.07 Å². The lowest BCUT2D eigenvalue weighted by Gasteiger charge is -2.07. The lowest BCUT2D eigenvalue weighted by atomic mass is 10.1. The zero-order valence-electron chi connectivity index (χ0n) is 12.8. The first-order valence-corrected chi connectivity index (χ1v) is 7.01. The number of anilines is 2. The van der Waals surface area contributed by atoms with E-state index in [1.807, 2.05) is 12.1 Å². The summed E-state index contributed by atoms with van der Waals surface area (Å²) in [4.78, 5) is 19.0. The molecule has 24 heavy (non-hydrogen) atoms. The number of nitrogens with zero attached hydrogens (tertiary/aromatic N) is 1. The van der Waals surface area contributed by atoms with Gasteiger partial charge >= 0.3 is 0 Å². The number of aromatic amines is 1. The molecule has 3 rings (SSSR count). The zero-order valence-corrected chi connectivity index (χ0v) is 13.7. The number of imidazole rings is 1. The van der Waals surface area contributed by atoms with E-state index in [2.05, 4.69) is 15.3 Å². The average molecular weight is 347 g/mol. The number of hydrogen-bond donors (Lipinski definition) is 3. The second-order valence-corrected chi connectivity index (χ2v) is 5.18. The van der Waals surface area contributed by atoms with E-state index in [9.17, 15) is 9.18 Å². The molecule has 124 valence electrons. The van der Waals surface area contributed by atoms with Crippen molar-refractivity contribution >= 4 is 29.9 Å². The van der Waals surface area contributed by atoms with E-state index < -0.39 is 5.82 Å². The van der Waals surface area contributed by atoms with Gasteiger partial charge in [0.2, 0.25) is 0 Å². The number of halogens is 2. The van der Waals surface area contributed by atoms with Crippen LogP contribution >= 0.6 is 12.4 Å². The van der Waals surface area contributed by atoms with Crippen molar-refractivity contribution in [2.24, 2.45) is 0 Å². The first kappa shape index (κ1) is 17.5. The molecule has 5 nitrogen and oxygen atoms in total. The largest absolute Gasteiger partial charge is 0.369 e. The number of hydrogen-bond acceptors (Lipinski definition) is 3. The number of nitrogen functional groups attached to an aromatic ring is 1. The van der Waals surface area contributed by atoms with Crippen LogP contribution in [-0.4, -0.2) is 15.9 Å². The fourth-order valence-electron chi connectivity index (χ4n) is 2.15. The van der Waals surface area contributed by atoms with Gasteiger partial charge in [0.15, 0.2) is 5.95 Å². The van der Waals surface area contributed by atoms with Gasteiger partial charge in [-0.3, -0.25) is 4.79 Å². The molecule has 4 N–H and O–H groups in total. The fraction of sp³-hybridized carbons (Fsp3) is 0.0588. The standard InChI is InChI=1S/C17H15FN4O.ClH/c1-10-2-3-12(8-14(10)18)16(23)21-13-6-4-11(5-7-13)15-9-20-17(19)22-15;/h2-9H,1H3,(H,21,23)(H3,19,20,22);1H. The monoisotopic (exact) mass is 346 g/mol. The van der Waals surface area contributed by atoms with Crippen molar-refractivity contribution in [3.8, 4) is 11.3 Å². The minimum atomic E-state index is -0.398. The van der Waals surface area contributed by atoms with Gasteiger partial charge in [-0.05, 0) is 42.3 Å². The summed E-state index contributed by atoms with van der Waals surface area (Å²) in [6.07, 6.45) is 1.64. The summed E-state index contributed by atoms with van der Waals surface area (Å²) < 4.78 is 13.5. The van der Waals surface area contributed by atoms with Gasteiger partial charge in [-0.2, -0.15) is 0 Å². The molecular weight excluding hydrogens is 331 g/mol. The van der Waals surface area contributed by atoms with Gasteiger partial charge in [-0.25, -0.2) is 9.37 Å². The molecule has 0 saturated carbocycles. The molecule has 3 aromatic rings. The van der Waals surface area contributed by atoms with Gasteiger partial charge in [0.1, 0.15) is 5.82 Å². The van der Waals surface area contributed by atoms with E-state index >= 15 is 0 Å². The SMILES string of the molecule is Cc1ccc(C(=O)Nc2ccc(-c3cnc(N)[nH]3)cc2)cc1F.Cl. The van der Waals surface area contributed by atoms with Crippen molar-refractivity contribution in [3.63, 3.8) is 0 Å². The van der Waals surface area contributed by atoms with E-state index in [4.69, 9.17) is 5.73 Å². The summed E-state index contributed by atoms with van der Waals surface area (Å²) in [5, 5.41) is 2.73. The summed E-state index contributed by atoms with van der Waals surface area (Å²) >= 11 is 0. The third-order valence-electron chi connectivity index (χ3n) is 3.48. The number of nitrogens with one attached hydrogen (secondary N) is 2. The van der Waals surface area contributed by atoms with E-state index in [-0.39, 0.29) is 23.9 Å². The molecule has 1 amide bonds. The second kappa shape index (κ2) is 7.14. The van der Waals surface area contributed by atoms with Gasteiger partial charge in [-0.15, -0.1) is 12.4 Å². The fourth-order valence-corrected chi connectivity index (χ4v) is 2.15. The van der Waals surface area contributed by atoms with E-state index in [0.717, 1.165) is 11.3 Å². The molecule has 0 aliphatic heterocycles. The van der Waals surface area contributed by atoms with Crippen LogP contribution in [-0.2, 0) is 0 Å². The van der Waals surface area contributed by atoms with Crippen LogP contribution in [0.2, 0.25) is 0 Å². The van der Waals surface area contributed by atoms with Crippen LogP contribution in [0.4, 0.5) is 16.0 Å². The Balaban J connectivity index is 0.00000208. The number of H-pyrrole nitrogens is 1. The van der Waals surface area contributed by atoms with Crippen molar-refractivity contribution in [2.75, 3.05) is 11.1 Å². The zero-order chi connectivity index (χ0) is 16.4. The molecule has 0 unspecified atom stereocenters. The predicted octanol–water partition coefficient (Wildman–Crippen LogP) is 3.78. The molecule has 0 atom stereocenters. The highest BCUT2D eigenvalue weighted by Crippen LogP contribution is 2.20. The maximum absolute atomic E-state index is 13.5. The van der Waals surface area contributed by atoms with Crippen molar-refractivity contribution < 1.29 is 9.18 Å². The lowest BCUT2D eigenvalue weighted by Crippen LogP contribution is -2.12. The van der Waals surface area contributed by atoms with Crippen LogP contribution in [0.15, 0.2) is 48.7 Å². The summed E-state index contributed by atoms with van der Waals surface area (Å²) in [5.74, 6) is -0.411. The normalized spacial score (nSPS) is 10.1. The summed E-state index contributed by atoms with van der Waals surface area (Å²) in [5.41, 5.74) is 8.63. The Hall–Kier alpha value is -2.86. The van der Waals surface area contributed by atoms with Gasteiger partial charge in [0.25, 0.3) is 5.91 Å². The smallest absolute Gasteiger partial charge is 0.255 e. The molecular formula is C17H16ClFN4O. The third-order valence-corrected chi connectivity index (χ3v) is 3.48. The molecule has 1 heterocycles. The average Bonchev–Trinajstić information content (AvgIpc) is 2.97. The van der Waals surface area contributed by atoms with Crippen LogP contribution in [0, 0.1) is 12.7 Å². The van der Waals surface area contributed by atoms with Gasteiger partial charge in [0.05, 0.1) is 11.9 Å². The number of rotatable bonds is 3. The lowest BCUT2D eigenvalue weighted by molar-refractivity contribution is 0.102. The molecule has 0 bridgehead atoms. The molecule has 2 aromatic carbocycles. The van der Waals surface area contributed by atoms with Crippen molar-refractivity contribution in [3.05, 3.63) is 65.6 Å². The van der Waals surface area contributed by atoms with Crippen LogP contribution in [0.1, 0.15) is 15.9 Å². The van der Waals surface area contributed by atoms with Crippen LogP contribution in [0.3, 0.4) is 0 Å². The highest BCUT2D eigenvalue weighted by atomic mass is 35.5. The number of carbonyl (C=O) groups is 1. The maximum atomic E-state index is 13.5. The first-order chi connectivity index (χ1) is 11.0. The number of nitrogens with two attached hydrogens (primary N) is 1.